The van der Waals surface area contributed by atoms with Crippen molar-refractivity contribution in [2.75, 3.05) is 19.8 Å². The molecular formula is C22H28N4O2S. The van der Waals surface area contributed by atoms with E-state index in [4.69, 9.17) is 21.7 Å². The molecule has 3 aliphatic rings. The fourth-order valence-corrected chi connectivity index (χ4v) is 5.12. The van der Waals surface area contributed by atoms with Gasteiger partial charge in [-0.25, -0.2) is 0 Å². The van der Waals surface area contributed by atoms with Gasteiger partial charge in [-0.15, -0.1) is 0 Å². The monoisotopic (exact) mass is 412 g/mol. The maximum atomic E-state index is 5.94. The molecule has 5 heterocycles. The van der Waals surface area contributed by atoms with E-state index in [9.17, 15) is 0 Å². The van der Waals surface area contributed by atoms with Gasteiger partial charge in [0.15, 0.2) is 5.11 Å². The molecule has 0 aliphatic carbocycles. The van der Waals surface area contributed by atoms with Crippen LogP contribution in [0.4, 0.5) is 0 Å². The normalized spacial score (nSPS) is 29.5. The highest BCUT2D eigenvalue weighted by molar-refractivity contribution is 7.80. The van der Waals surface area contributed by atoms with Crippen LogP contribution in [0.1, 0.15) is 49.2 Å². The lowest BCUT2D eigenvalue weighted by molar-refractivity contribution is 0.0809. The maximum Gasteiger partial charge on any atom is 0.170 e. The van der Waals surface area contributed by atoms with Crippen LogP contribution < -0.4 is 5.32 Å². The van der Waals surface area contributed by atoms with E-state index >= 15 is 0 Å². The number of aromatic nitrogens is 2. The number of pyridine rings is 1. The van der Waals surface area contributed by atoms with Gasteiger partial charge in [0, 0.05) is 44.4 Å². The predicted octanol–water partition coefficient (Wildman–Crippen LogP) is 3.21. The molecule has 5 rings (SSSR count). The van der Waals surface area contributed by atoms with Crippen LogP contribution in [0.3, 0.4) is 0 Å². The van der Waals surface area contributed by atoms with Crippen LogP contribution in [-0.2, 0) is 16.0 Å². The van der Waals surface area contributed by atoms with Crippen molar-refractivity contribution < 1.29 is 9.47 Å². The first-order chi connectivity index (χ1) is 14.3. The van der Waals surface area contributed by atoms with E-state index in [1.807, 2.05) is 18.3 Å². The topological polar surface area (TPSA) is 51.5 Å². The first-order valence-electron chi connectivity index (χ1n) is 10.7. The minimum atomic E-state index is 0.0169. The Morgan fingerprint density at radius 2 is 1.83 bits per heavy atom. The molecule has 0 aromatic carbocycles. The van der Waals surface area contributed by atoms with Crippen LogP contribution in [0.25, 0.3) is 0 Å². The standard InChI is InChI=1S/C22H28N4O2S/c29-22-24-20(18-8-1-2-10-23-18)21(26(22)15-17-7-5-13-28-17)19-9-3-11-25(19)14-16-6-4-12-27-16/h1-3,8-11,16-17,20-21H,4-7,12-15H2,(H,24,29)/t16-,17+,20+,21-/m0/s1. The zero-order valence-corrected chi connectivity index (χ0v) is 17.4. The van der Waals surface area contributed by atoms with Crippen LogP contribution in [-0.4, -0.2) is 51.5 Å². The van der Waals surface area contributed by atoms with Gasteiger partial charge in [-0.05, 0) is 62.2 Å². The number of rotatable bonds is 6. The molecule has 0 amide bonds. The summed E-state index contributed by atoms with van der Waals surface area (Å²) in [4.78, 5) is 6.95. The summed E-state index contributed by atoms with van der Waals surface area (Å²) in [6, 6.07) is 10.5. The van der Waals surface area contributed by atoms with Gasteiger partial charge in [0.05, 0.1) is 30.0 Å². The average Bonchev–Trinajstić information content (AvgIpc) is 3.53. The zero-order chi connectivity index (χ0) is 19.6. The summed E-state index contributed by atoms with van der Waals surface area (Å²) >= 11 is 5.79. The Labute approximate surface area is 177 Å². The Bertz CT molecular complexity index is 830. The lowest BCUT2D eigenvalue weighted by atomic mass is 10.0. The lowest BCUT2D eigenvalue weighted by Crippen LogP contribution is -2.37. The van der Waals surface area contributed by atoms with E-state index in [-0.39, 0.29) is 18.2 Å². The molecule has 0 radical (unpaired) electrons. The number of thiocarbonyl (C=S) groups is 1. The Balaban J connectivity index is 1.47. The van der Waals surface area contributed by atoms with Gasteiger partial charge in [-0.2, -0.15) is 0 Å². The molecule has 2 aromatic heterocycles. The van der Waals surface area contributed by atoms with Crippen molar-refractivity contribution >= 4 is 17.3 Å². The molecule has 3 aliphatic heterocycles. The molecule has 3 fully saturated rings. The van der Waals surface area contributed by atoms with Crippen LogP contribution in [0.2, 0.25) is 0 Å². The molecule has 0 bridgehead atoms. The third-order valence-corrected chi connectivity index (χ3v) is 6.57. The smallest absolute Gasteiger partial charge is 0.170 e. The molecule has 29 heavy (non-hydrogen) atoms. The van der Waals surface area contributed by atoms with E-state index in [0.29, 0.717) is 6.10 Å². The Morgan fingerprint density at radius 1 is 1.03 bits per heavy atom. The van der Waals surface area contributed by atoms with Gasteiger partial charge in [0.25, 0.3) is 0 Å². The summed E-state index contributed by atoms with van der Waals surface area (Å²) in [6.07, 6.45) is 9.05. The molecule has 0 unspecified atom stereocenters. The molecule has 4 atom stereocenters. The molecule has 0 saturated carbocycles. The summed E-state index contributed by atoms with van der Waals surface area (Å²) in [5.41, 5.74) is 2.26. The number of hydrogen-bond acceptors (Lipinski definition) is 4. The highest BCUT2D eigenvalue weighted by Gasteiger charge is 2.42. The first-order valence-corrected chi connectivity index (χ1v) is 11.1. The molecule has 2 aromatic rings. The summed E-state index contributed by atoms with van der Waals surface area (Å²) < 4.78 is 14.2. The molecule has 3 saturated heterocycles. The zero-order valence-electron chi connectivity index (χ0n) is 16.6. The molecular weight excluding hydrogens is 384 g/mol. The molecule has 1 N–H and O–H groups in total. The van der Waals surface area contributed by atoms with Gasteiger partial charge in [0.2, 0.25) is 0 Å². The number of nitrogens with one attached hydrogen (secondary N) is 1. The lowest BCUT2D eigenvalue weighted by Gasteiger charge is -2.31. The third-order valence-electron chi connectivity index (χ3n) is 6.21. The molecule has 154 valence electrons. The van der Waals surface area contributed by atoms with Crippen LogP contribution >= 0.6 is 12.2 Å². The Morgan fingerprint density at radius 3 is 2.52 bits per heavy atom. The number of ether oxygens (including phenoxy) is 2. The maximum absolute atomic E-state index is 5.94. The highest BCUT2D eigenvalue weighted by atomic mass is 32.1. The van der Waals surface area contributed by atoms with Gasteiger partial charge in [0.1, 0.15) is 0 Å². The number of nitrogens with zero attached hydrogens (tertiary/aromatic N) is 3. The fraction of sp³-hybridized carbons (Fsp3) is 0.545. The van der Waals surface area contributed by atoms with Gasteiger partial charge < -0.3 is 24.3 Å². The van der Waals surface area contributed by atoms with Gasteiger partial charge in [-0.1, -0.05) is 6.07 Å². The van der Waals surface area contributed by atoms with Crippen molar-refractivity contribution in [3.63, 3.8) is 0 Å². The van der Waals surface area contributed by atoms with E-state index in [1.54, 1.807) is 0 Å². The highest BCUT2D eigenvalue weighted by Crippen LogP contribution is 2.39. The van der Waals surface area contributed by atoms with Gasteiger partial charge >= 0.3 is 0 Å². The van der Waals surface area contributed by atoms with Crippen molar-refractivity contribution in [1.82, 2.24) is 19.8 Å². The Hall–Kier alpha value is -1.96. The van der Waals surface area contributed by atoms with Crippen molar-refractivity contribution in [2.24, 2.45) is 0 Å². The van der Waals surface area contributed by atoms with Gasteiger partial charge in [-0.3, -0.25) is 4.98 Å². The second-order valence-electron chi connectivity index (χ2n) is 8.13. The minimum Gasteiger partial charge on any atom is -0.376 e. The molecule has 7 heteroatoms. The second kappa shape index (κ2) is 8.42. The first kappa shape index (κ1) is 19.0. The van der Waals surface area contributed by atoms with Crippen LogP contribution in [0.5, 0.6) is 0 Å². The van der Waals surface area contributed by atoms with Crippen molar-refractivity contribution in [3.8, 4) is 0 Å². The predicted molar refractivity (Wildman–Crippen MR) is 115 cm³/mol. The minimum absolute atomic E-state index is 0.0169. The van der Waals surface area contributed by atoms with Crippen LogP contribution in [0, 0.1) is 0 Å². The summed E-state index contributed by atoms with van der Waals surface area (Å²) in [5.74, 6) is 0. The van der Waals surface area contributed by atoms with Crippen LogP contribution in [0.15, 0.2) is 42.7 Å². The number of hydrogen-bond donors (Lipinski definition) is 1. The third kappa shape index (κ3) is 3.91. The van der Waals surface area contributed by atoms with E-state index in [1.165, 1.54) is 5.69 Å². The molecule has 0 spiro atoms. The summed E-state index contributed by atoms with van der Waals surface area (Å²) in [6.45, 7) is 3.42. The largest absolute Gasteiger partial charge is 0.376 e. The summed E-state index contributed by atoms with van der Waals surface area (Å²) in [5, 5.41) is 4.33. The Kier molecular flexibility index (Phi) is 5.52. The SMILES string of the molecule is S=C1N[C@H](c2ccccn2)[C@H](c2cccn2C[C@@H]2CCCO2)N1C[C@H]1CCCO1. The van der Waals surface area contributed by atoms with E-state index in [2.05, 4.69) is 44.2 Å². The average molecular weight is 413 g/mol. The fourth-order valence-electron chi connectivity index (χ4n) is 4.80. The quantitative estimate of drug-likeness (QED) is 0.736. The van der Waals surface area contributed by atoms with Crippen molar-refractivity contribution in [1.29, 1.82) is 0 Å². The second-order valence-corrected chi connectivity index (χ2v) is 8.52. The van der Waals surface area contributed by atoms with Crippen molar-refractivity contribution in [2.45, 2.75) is 56.5 Å². The van der Waals surface area contributed by atoms with Crippen molar-refractivity contribution in [3.05, 3.63) is 54.1 Å². The summed E-state index contributed by atoms with van der Waals surface area (Å²) in [7, 11) is 0. The van der Waals surface area contributed by atoms with E-state index < -0.39 is 0 Å². The molecule has 6 nitrogen and oxygen atoms in total. The van der Waals surface area contributed by atoms with E-state index in [0.717, 1.165) is 62.8 Å².